The smallest absolute Gasteiger partial charge is 0.0193 e. The topological polar surface area (TPSA) is 0 Å². The number of benzene rings is 1. The summed E-state index contributed by atoms with van der Waals surface area (Å²) in [6, 6.07) is 9.30. The molecule has 0 saturated heterocycles. The van der Waals surface area contributed by atoms with Crippen LogP contribution in [0.2, 0.25) is 0 Å². The van der Waals surface area contributed by atoms with Crippen LogP contribution in [-0.2, 0) is 6.42 Å². The maximum Gasteiger partial charge on any atom is -0.0193 e. The first-order valence-electron chi connectivity index (χ1n) is 7.95. The predicted octanol–water partition coefficient (Wildman–Crippen LogP) is 5.88. The molecule has 0 N–H and O–H groups in total. The zero-order valence-corrected chi connectivity index (χ0v) is 12.8. The molecule has 0 radical (unpaired) electrons. The summed E-state index contributed by atoms with van der Waals surface area (Å²) in [4.78, 5) is 0. The summed E-state index contributed by atoms with van der Waals surface area (Å²) in [5.74, 6) is 1.59. The molecule has 0 spiro atoms. The third-order valence-corrected chi connectivity index (χ3v) is 4.81. The Morgan fingerprint density at radius 3 is 2.63 bits per heavy atom. The highest BCUT2D eigenvalue weighted by molar-refractivity contribution is 5.26. The minimum atomic E-state index is 0.695. The van der Waals surface area contributed by atoms with Gasteiger partial charge in [-0.1, -0.05) is 49.8 Å². The molecule has 0 heterocycles. The van der Waals surface area contributed by atoms with Crippen LogP contribution in [0.3, 0.4) is 0 Å². The summed E-state index contributed by atoms with van der Waals surface area (Å²) >= 11 is 0. The fourth-order valence-corrected chi connectivity index (χ4v) is 3.14. The summed E-state index contributed by atoms with van der Waals surface area (Å²) in [7, 11) is 0. The molecule has 0 nitrogen and oxygen atoms in total. The Hall–Kier alpha value is -1.04. The molecule has 1 aromatic rings. The average molecular weight is 256 g/mol. The second kappa shape index (κ2) is 6.93. The fraction of sp³-hybridized carbons (Fsp3) is 0.579. The minimum Gasteiger partial charge on any atom is -0.0885 e. The van der Waals surface area contributed by atoms with Crippen molar-refractivity contribution in [2.45, 2.75) is 65.2 Å². The van der Waals surface area contributed by atoms with Crippen molar-refractivity contribution in [3.63, 3.8) is 0 Å². The Labute approximate surface area is 118 Å². The molecule has 1 aromatic carbocycles. The van der Waals surface area contributed by atoms with E-state index in [1.54, 1.807) is 11.1 Å². The minimum absolute atomic E-state index is 0.695. The molecule has 1 aliphatic carbocycles. The van der Waals surface area contributed by atoms with Crippen LogP contribution in [0.1, 0.15) is 69.9 Å². The van der Waals surface area contributed by atoms with Gasteiger partial charge in [0.25, 0.3) is 0 Å². The van der Waals surface area contributed by atoms with Crippen molar-refractivity contribution in [3.05, 3.63) is 47.0 Å². The van der Waals surface area contributed by atoms with Crippen molar-refractivity contribution in [2.24, 2.45) is 5.92 Å². The molecule has 0 bridgehead atoms. The van der Waals surface area contributed by atoms with E-state index >= 15 is 0 Å². The zero-order chi connectivity index (χ0) is 13.7. The van der Waals surface area contributed by atoms with Gasteiger partial charge in [-0.3, -0.25) is 0 Å². The molecule has 1 unspecified atom stereocenters. The Morgan fingerprint density at radius 1 is 1.26 bits per heavy atom. The first-order chi connectivity index (χ1) is 9.22. The van der Waals surface area contributed by atoms with Crippen LogP contribution in [-0.4, -0.2) is 0 Å². The molecular weight excluding hydrogens is 228 g/mol. The van der Waals surface area contributed by atoms with Crippen molar-refractivity contribution >= 4 is 0 Å². The summed E-state index contributed by atoms with van der Waals surface area (Å²) in [6.45, 7) is 6.79. The molecule has 2 rings (SSSR count). The highest BCUT2D eigenvalue weighted by Gasteiger charge is 2.16. The van der Waals surface area contributed by atoms with Gasteiger partial charge >= 0.3 is 0 Å². The largest absolute Gasteiger partial charge is 0.0885 e. The quantitative estimate of drug-likeness (QED) is 0.590. The third-order valence-electron chi connectivity index (χ3n) is 4.81. The van der Waals surface area contributed by atoms with Crippen molar-refractivity contribution in [3.8, 4) is 0 Å². The Kier molecular flexibility index (Phi) is 5.24. The van der Waals surface area contributed by atoms with Crippen LogP contribution >= 0.6 is 0 Å². The van der Waals surface area contributed by atoms with Crippen molar-refractivity contribution in [1.29, 1.82) is 0 Å². The molecule has 19 heavy (non-hydrogen) atoms. The molecule has 1 saturated carbocycles. The summed E-state index contributed by atoms with van der Waals surface area (Å²) in [5.41, 5.74) is 4.74. The lowest BCUT2D eigenvalue weighted by Gasteiger charge is -2.24. The summed E-state index contributed by atoms with van der Waals surface area (Å²) in [6.07, 6.45) is 10.2. The Balaban J connectivity index is 1.96. The molecule has 1 aliphatic rings. The fourth-order valence-electron chi connectivity index (χ4n) is 3.14. The van der Waals surface area contributed by atoms with E-state index in [4.69, 9.17) is 0 Å². The van der Waals surface area contributed by atoms with Crippen molar-refractivity contribution in [1.82, 2.24) is 0 Å². The average Bonchev–Trinajstić information content (AvgIpc) is 2.47. The van der Waals surface area contributed by atoms with Gasteiger partial charge in [0.15, 0.2) is 0 Å². The van der Waals surface area contributed by atoms with Gasteiger partial charge in [0.1, 0.15) is 0 Å². The first-order valence-corrected chi connectivity index (χ1v) is 7.95. The highest BCUT2D eigenvalue weighted by atomic mass is 14.2. The van der Waals surface area contributed by atoms with Crippen molar-refractivity contribution in [2.75, 3.05) is 0 Å². The van der Waals surface area contributed by atoms with E-state index in [-0.39, 0.29) is 0 Å². The van der Waals surface area contributed by atoms with Gasteiger partial charge in [0, 0.05) is 0 Å². The lowest BCUT2D eigenvalue weighted by molar-refractivity contribution is 0.406. The maximum absolute atomic E-state index is 2.44. The second-order valence-electron chi connectivity index (χ2n) is 6.15. The molecule has 1 fully saturated rings. The van der Waals surface area contributed by atoms with E-state index in [1.807, 2.05) is 0 Å². The summed E-state index contributed by atoms with van der Waals surface area (Å²) < 4.78 is 0. The van der Waals surface area contributed by atoms with E-state index in [0.29, 0.717) is 5.92 Å². The van der Waals surface area contributed by atoms with Gasteiger partial charge in [0.2, 0.25) is 0 Å². The standard InChI is InChI=1S/C19H28/c1-4-15(3)19-8-6-7-18(14-19)13-17-11-9-16(5-2)10-12-17/h5-8,14-15,17H,4,9-13H2,1-3H3. The lowest BCUT2D eigenvalue weighted by atomic mass is 9.82. The van der Waals surface area contributed by atoms with Gasteiger partial charge in [0.05, 0.1) is 0 Å². The molecule has 1 atom stereocenters. The van der Waals surface area contributed by atoms with Gasteiger partial charge in [-0.2, -0.15) is 0 Å². The third kappa shape index (κ3) is 3.96. The summed E-state index contributed by atoms with van der Waals surface area (Å²) in [5, 5.41) is 0. The molecule has 0 aromatic heterocycles. The first kappa shape index (κ1) is 14.4. The normalized spacial score (nSPS) is 21.2. The highest BCUT2D eigenvalue weighted by Crippen LogP contribution is 2.31. The van der Waals surface area contributed by atoms with Crippen LogP contribution in [0, 0.1) is 5.92 Å². The van der Waals surface area contributed by atoms with Gasteiger partial charge < -0.3 is 0 Å². The van der Waals surface area contributed by atoms with Gasteiger partial charge in [-0.15, -0.1) is 0 Å². The maximum atomic E-state index is 2.44. The van der Waals surface area contributed by atoms with Crippen LogP contribution < -0.4 is 0 Å². The number of rotatable bonds is 4. The van der Waals surface area contributed by atoms with E-state index in [0.717, 1.165) is 5.92 Å². The molecule has 104 valence electrons. The Bertz CT molecular complexity index is 417. The Morgan fingerprint density at radius 2 is 2.00 bits per heavy atom. The van der Waals surface area contributed by atoms with Crippen LogP contribution in [0.25, 0.3) is 0 Å². The van der Waals surface area contributed by atoms with E-state index in [9.17, 15) is 0 Å². The lowest BCUT2D eigenvalue weighted by Crippen LogP contribution is -2.11. The monoisotopic (exact) mass is 256 g/mol. The van der Waals surface area contributed by atoms with Gasteiger partial charge in [-0.25, -0.2) is 0 Å². The number of hydrogen-bond donors (Lipinski definition) is 0. The second-order valence-corrected chi connectivity index (χ2v) is 6.15. The molecular formula is C19H28. The van der Waals surface area contributed by atoms with Crippen LogP contribution in [0.15, 0.2) is 35.9 Å². The number of hydrogen-bond acceptors (Lipinski definition) is 0. The SMILES string of the molecule is CC=C1CCC(Cc2cccc(C(C)CC)c2)CC1. The molecule has 0 aliphatic heterocycles. The predicted molar refractivity (Wildman–Crippen MR) is 84.6 cm³/mol. The number of allylic oxidation sites excluding steroid dienone is 2. The van der Waals surface area contributed by atoms with Gasteiger partial charge in [-0.05, 0) is 68.4 Å². The van der Waals surface area contributed by atoms with E-state index in [2.05, 4.69) is 51.1 Å². The molecule has 0 amide bonds. The van der Waals surface area contributed by atoms with E-state index in [1.165, 1.54) is 44.1 Å². The van der Waals surface area contributed by atoms with Crippen LogP contribution in [0.4, 0.5) is 0 Å². The zero-order valence-electron chi connectivity index (χ0n) is 12.8. The van der Waals surface area contributed by atoms with Crippen LogP contribution in [0.5, 0.6) is 0 Å². The molecule has 0 heteroatoms. The van der Waals surface area contributed by atoms with Crippen molar-refractivity contribution < 1.29 is 0 Å². The van der Waals surface area contributed by atoms with E-state index < -0.39 is 0 Å².